The monoisotopic (exact) mass is 345 g/mol. The lowest BCUT2D eigenvalue weighted by molar-refractivity contribution is -0.122. The van der Waals surface area contributed by atoms with Gasteiger partial charge >= 0.3 is 0 Å². The van der Waals surface area contributed by atoms with Crippen LogP contribution in [0.4, 0.5) is 0 Å². The van der Waals surface area contributed by atoms with Crippen molar-refractivity contribution in [1.82, 2.24) is 15.1 Å². The lowest BCUT2D eigenvalue weighted by atomic mass is 10.0. The number of nitrogens with one attached hydrogen (secondary N) is 1. The molecule has 0 bridgehead atoms. The molecule has 2 aliphatic rings. The van der Waals surface area contributed by atoms with Crippen molar-refractivity contribution >= 4 is 5.91 Å². The predicted octanol–water partition coefficient (Wildman–Crippen LogP) is 2.05. The van der Waals surface area contributed by atoms with Gasteiger partial charge in [-0.15, -0.1) is 0 Å². The zero-order valence-corrected chi connectivity index (χ0v) is 15.3. The van der Waals surface area contributed by atoms with Gasteiger partial charge in [-0.3, -0.25) is 9.69 Å². The van der Waals surface area contributed by atoms with Crippen molar-refractivity contribution < 1.29 is 9.53 Å². The Hall–Kier alpha value is -1.43. The predicted molar refractivity (Wildman–Crippen MR) is 99.5 cm³/mol. The Labute approximate surface area is 151 Å². The summed E-state index contributed by atoms with van der Waals surface area (Å²) in [5.41, 5.74) is 1.15. The van der Waals surface area contributed by atoms with E-state index < -0.39 is 0 Å². The fourth-order valence-electron chi connectivity index (χ4n) is 3.85. The summed E-state index contributed by atoms with van der Waals surface area (Å²) >= 11 is 0. The Bertz CT molecular complexity index is 523. The van der Waals surface area contributed by atoms with Gasteiger partial charge in [-0.2, -0.15) is 0 Å². The van der Waals surface area contributed by atoms with E-state index in [0.29, 0.717) is 12.5 Å². The summed E-state index contributed by atoms with van der Waals surface area (Å²) in [6, 6.07) is 10.9. The van der Waals surface area contributed by atoms with Crippen LogP contribution in [-0.4, -0.2) is 67.7 Å². The Kier molecular flexibility index (Phi) is 6.84. The van der Waals surface area contributed by atoms with Gasteiger partial charge in [-0.1, -0.05) is 30.3 Å². The first kappa shape index (κ1) is 18.4. The fraction of sp³-hybridized carbons (Fsp3) is 0.650. The first-order valence-corrected chi connectivity index (χ1v) is 9.61. The van der Waals surface area contributed by atoms with E-state index in [-0.39, 0.29) is 11.9 Å². The number of morpholine rings is 1. The molecule has 1 amide bonds. The van der Waals surface area contributed by atoms with Crippen LogP contribution in [-0.2, 0) is 9.53 Å². The van der Waals surface area contributed by atoms with Crippen LogP contribution in [0.3, 0.4) is 0 Å². The van der Waals surface area contributed by atoms with Crippen LogP contribution < -0.4 is 5.32 Å². The van der Waals surface area contributed by atoms with E-state index in [4.69, 9.17) is 4.74 Å². The number of carbonyl (C=O) groups excluding carboxylic acids is 1. The van der Waals surface area contributed by atoms with E-state index in [0.717, 1.165) is 51.5 Å². The molecule has 1 aromatic rings. The maximum absolute atomic E-state index is 12.2. The fourth-order valence-corrected chi connectivity index (χ4v) is 3.85. The number of piperidine rings is 1. The highest BCUT2D eigenvalue weighted by Gasteiger charge is 2.25. The number of likely N-dealkylation sites (tertiary alicyclic amines) is 1. The molecule has 2 saturated heterocycles. The molecule has 1 N–H and O–H groups in total. The summed E-state index contributed by atoms with van der Waals surface area (Å²) in [7, 11) is 0. The number of benzene rings is 1. The molecule has 2 fully saturated rings. The number of rotatable bonds is 6. The summed E-state index contributed by atoms with van der Waals surface area (Å²) < 4.78 is 5.44. The quantitative estimate of drug-likeness (QED) is 0.857. The number of amides is 1. The smallest absolute Gasteiger partial charge is 0.221 e. The first-order chi connectivity index (χ1) is 12.2. The molecule has 138 valence electrons. The molecule has 1 aromatic carbocycles. The van der Waals surface area contributed by atoms with E-state index in [9.17, 15) is 4.79 Å². The minimum Gasteiger partial charge on any atom is -0.379 e. The van der Waals surface area contributed by atoms with Crippen LogP contribution in [0.15, 0.2) is 30.3 Å². The number of ether oxygens (including phenoxy) is 1. The van der Waals surface area contributed by atoms with E-state index in [1.165, 1.54) is 12.8 Å². The molecule has 1 atom stereocenters. The topological polar surface area (TPSA) is 44.8 Å². The molecule has 3 rings (SSSR count). The van der Waals surface area contributed by atoms with Crippen molar-refractivity contribution in [1.29, 1.82) is 0 Å². The molecular formula is C20H31N3O2. The number of nitrogens with zero attached hydrogens (tertiary/aromatic N) is 2. The van der Waals surface area contributed by atoms with Gasteiger partial charge in [0.15, 0.2) is 0 Å². The highest BCUT2D eigenvalue weighted by molar-refractivity contribution is 5.76. The normalized spacial score (nSPS) is 21.8. The van der Waals surface area contributed by atoms with E-state index in [2.05, 4.69) is 27.2 Å². The minimum absolute atomic E-state index is 0.0701. The number of hydrogen-bond acceptors (Lipinski definition) is 4. The SMILES string of the molecule is CC(NC(=O)CCN1CCC(N2CCOCC2)CC1)c1ccccc1. The van der Waals surface area contributed by atoms with E-state index in [1.54, 1.807) is 0 Å². The number of hydrogen-bond donors (Lipinski definition) is 1. The third kappa shape index (κ3) is 5.53. The average molecular weight is 345 g/mol. The van der Waals surface area contributed by atoms with Crippen molar-refractivity contribution in [3.63, 3.8) is 0 Å². The van der Waals surface area contributed by atoms with E-state index >= 15 is 0 Å². The van der Waals surface area contributed by atoms with Crippen molar-refractivity contribution in [3.05, 3.63) is 35.9 Å². The molecular weight excluding hydrogens is 314 g/mol. The highest BCUT2D eigenvalue weighted by atomic mass is 16.5. The maximum Gasteiger partial charge on any atom is 0.221 e. The van der Waals surface area contributed by atoms with Crippen LogP contribution in [0, 0.1) is 0 Å². The first-order valence-electron chi connectivity index (χ1n) is 9.61. The van der Waals surface area contributed by atoms with Gasteiger partial charge in [-0.25, -0.2) is 0 Å². The summed E-state index contributed by atoms with van der Waals surface area (Å²) in [6.07, 6.45) is 3.00. The van der Waals surface area contributed by atoms with Gasteiger partial charge < -0.3 is 15.0 Å². The van der Waals surface area contributed by atoms with Crippen LogP contribution >= 0.6 is 0 Å². The zero-order valence-electron chi connectivity index (χ0n) is 15.3. The zero-order chi connectivity index (χ0) is 17.5. The third-order valence-electron chi connectivity index (χ3n) is 5.45. The Morgan fingerprint density at radius 2 is 1.84 bits per heavy atom. The van der Waals surface area contributed by atoms with Crippen LogP contribution in [0.25, 0.3) is 0 Å². The van der Waals surface area contributed by atoms with Gasteiger partial charge in [0.25, 0.3) is 0 Å². The molecule has 0 aromatic heterocycles. The lowest BCUT2D eigenvalue weighted by Gasteiger charge is -2.40. The van der Waals surface area contributed by atoms with Crippen molar-refractivity contribution in [2.45, 2.75) is 38.3 Å². The van der Waals surface area contributed by atoms with Crippen molar-refractivity contribution in [3.8, 4) is 0 Å². The second-order valence-electron chi connectivity index (χ2n) is 7.17. The second kappa shape index (κ2) is 9.32. The Morgan fingerprint density at radius 1 is 1.16 bits per heavy atom. The highest BCUT2D eigenvalue weighted by Crippen LogP contribution is 2.18. The van der Waals surface area contributed by atoms with Gasteiger partial charge in [0, 0.05) is 32.1 Å². The van der Waals surface area contributed by atoms with Crippen LogP contribution in [0.1, 0.15) is 37.8 Å². The minimum atomic E-state index is 0.0701. The summed E-state index contributed by atoms with van der Waals surface area (Å²) in [4.78, 5) is 17.2. The molecule has 25 heavy (non-hydrogen) atoms. The number of carbonyl (C=O) groups is 1. The summed E-state index contributed by atoms with van der Waals surface area (Å²) in [5, 5.41) is 3.11. The van der Waals surface area contributed by atoms with E-state index in [1.807, 2.05) is 25.1 Å². The summed E-state index contributed by atoms with van der Waals surface area (Å²) in [5.74, 6) is 0.145. The third-order valence-corrected chi connectivity index (χ3v) is 5.45. The van der Waals surface area contributed by atoms with Gasteiger partial charge in [0.2, 0.25) is 5.91 Å². The molecule has 5 nitrogen and oxygen atoms in total. The van der Waals surface area contributed by atoms with Gasteiger partial charge in [-0.05, 0) is 38.4 Å². The van der Waals surface area contributed by atoms with Gasteiger partial charge in [0.05, 0.1) is 19.3 Å². The Morgan fingerprint density at radius 3 is 2.52 bits per heavy atom. The molecule has 0 spiro atoms. The summed E-state index contributed by atoms with van der Waals surface area (Å²) in [6.45, 7) is 9.01. The average Bonchev–Trinajstić information content (AvgIpc) is 2.68. The molecule has 1 unspecified atom stereocenters. The molecule has 0 radical (unpaired) electrons. The molecule has 5 heteroatoms. The largest absolute Gasteiger partial charge is 0.379 e. The van der Waals surface area contributed by atoms with Crippen LogP contribution in [0.5, 0.6) is 0 Å². The molecule has 0 aliphatic carbocycles. The Balaban J connectivity index is 1.34. The maximum atomic E-state index is 12.2. The second-order valence-corrected chi connectivity index (χ2v) is 7.17. The lowest BCUT2D eigenvalue weighted by Crippen LogP contribution is -2.49. The molecule has 2 heterocycles. The molecule has 2 aliphatic heterocycles. The molecule has 0 saturated carbocycles. The standard InChI is InChI=1S/C20H31N3O2/c1-17(18-5-3-2-4-6-18)21-20(24)9-12-22-10-7-19(8-11-22)23-13-15-25-16-14-23/h2-6,17,19H,7-16H2,1H3,(H,21,24). The van der Waals surface area contributed by atoms with Crippen LogP contribution in [0.2, 0.25) is 0 Å². The van der Waals surface area contributed by atoms with Crippen molar-refractivity contribution in [2.24, 2.45) is 0 Å². The van der Waals surface area contributed by atoms with Gasteiger partial charge in [0.1, 0.15) is 0 Å². The van der Waals surface area contributed by atoms with Crippen molar-refractivity contribution in [2.75, 3.05) is 45.9 Å².